The molecule has 0 N–H and O–H groups in total. The summed E-state index contributed by atoms with van der Waals surface area (Å²) in [7, 11) is 0. The van der Waals surface area contributed by atoms with Crippen LogP contribution in [0.4, 0.5) is 0 Å². The van der Waals surface area contributed by atoms with Crippen LogP contribution in [0.1, 0.15) is 35.0 Å². The van der Waals surface area contributed by atoms with Crippen molar-refractivity contribution in [3.05, 3.63) is 52.1 Å². The number of rotatable bonds is 6. The van der Waals surface area contributed by atoms with E-state index in [-0.39, 0.29) is 5.91 Å². The van der Waals surface area contributed by atoms with Crippen molar-refractivity contribution in [3.63, 3.8) is 0 Å². The lowest BCUT2D eigenvalue weighted by molar-refractivity contribution is -0.133. The third-order valence-corrected chi connectivity index (χ3v) is 7.03. The van der Waals surface area contributed by atoms with Gasteiger partial charge in [-0.15, -0.1) is 11.3 Å². The lowest BCUT2D eigenvalue weighted by atomic mass is 10.1. The Bertz CT molecular complexity index is 1270. The van der Waals surface area contributed by atoms with Gasteiger partial charge in [-0.3, -0.25) is 9.69 Å². The van der Waals surface area contributed by atoms with Crippen molar-refractivity contribution < 1.29 is 9.32 Å². The summed E-state index contributed by atoms with van der Waals surface area (Å²) in [5.74, 6) is 1.43. The van der Waals surface area contributed by atoms with Gasteiger partial charge in [-0.1, -0.05) is 11.2 Å². The summed E-state index contributed by atoms with van der Waals surface area (Å²) in [4.78, 5) is 27.3. The van der Waals surface area contributed by atoms with E-state index in [4.69, 9.17) is 4.52 Å². The van der Waals surface area contributed by atoms with Gasteiger partial charge in [0.2, 0.25) is 17.6 Å². The molecule has 0 atom stereocenters. The summed E-state index contributed by atoms with van der Waals surface area (Å²) in [5, 5.41) is 10.6. The van der Waals surface area contributed by atoms with Crippen molar-refractivity contribution in [3.8, 4) is 10.7 Å². The molecule has 0 bridgehead atoms. The van der Waals surface area contributed by atoms with Gasteiger partial charge in [0, 0.05) is 50.1 Å². The zero-order chi connectivity index (χ0) is 22.9. The van der Waals surface area contributed by atoms with E-state index in [1.54, 1.807) is 11.3 Å². The molecule has 1 aliphatic heterocycles. The fourth-order valence-corrected chi connectivity index (χ4v) is 5.01. The number of hydrogen-bond donors (Lipinski definition) is 0. The number of nitrogens with zero attached hydrogens (tertiary/aromatic N) is 7. The number of aryl methyl sites for hydroxylation is 3. The first-order valence-electron chi connectivity index (χ1n) is 11.2. The molecule has 172 valence electrons. The van der Waals surface area contributed by atoms with E-state index in [9.17, 15) is 4.79 Å². The molecular formula is C23H27N7O2S. The molecule has 5 heterocycles. The SMILES string of the molecule is Cc1cc2nc(C)c(CCC(=O)N3CCN(Cc4nc(-c5cccs5)no4)CC3)c(C)n2n1. The fourth-order valence-electron chi connectivity index (χ4n) is 4.36. The first-order valence-corrected chi connectivity index (χ1v) is 12.0. The van der Waals surface area contributed by atoms with Crippen LogP contribution in [-0.2, 0) is 17.8 Å². The minimum absolute atomic E-state index is 0.183. The number of hydrogen-bond acceptors (Lipinski definition) is 8. The van der Waals surface area contributed by atoms with Crippen LogP contribution in [0.15, 0.2) is 28.1 Å². The summed E-state index contributed by atoms with van der Waals surface area (Å²) < 4.78 is 7.30. The maximum Gasteiger partial charge on any atom is 0.241 e. The lowest BCUT2D eigenvalue weighted by Crippen LogP contribution is -2.48. The molecule has 10 heteroatoms. The monoisotopic (exact) mass is 465 g/mol. The topological polar surface area (TPSA) is 92.7 Å². The van der Waals surface area contributed by atoms with Gasteiger partial charge in [0.25, 0.3) is 0 Å². The zero-order valence-corrected chi connectivity index (χ0v) is 19.9. The number of carbonyl (C=O) groups excluding carboxylic acids is 1. The Hall–Kier alpha value is -3.11. The molecule has 9 nitrogen and oxygen atoms in total. The molecular weight excluding hydrogens is 438 g/mol. The average Bonchev–Trinajstić information content (AvgIpc) is 3.55. The van der Waals surface area contributed by atoms with Gasteiger partial charge in [-0.25, -0.2) is 9.50 Å². The molecule has 33 heavy (non-hydrogen) atoms. The fraction of sp³-hybridized carbons (Fsp3) is 0.435. The van der Waals surface area contributed by atoms with E-state index in [0.717, 1.165) is 46.3 Å². The van der Waals surface area contributed by atoms with Gasteiger partial charge in [0.05, 0.1) is 17.1 Å². The zero-order valence-electron chi connectivity index (χ0n) is 19.1. The average molecular weight is 466 g/mol. The predicted octanol–water partition coefficient (Wildman–Crippen LogP) is 3.04. The van der Waals surface area contributed by atoms with Crippen molar-refractivity contribution in [2.24, 2.45) is 0 Å². The van der Waals surface area contributed by atoms with Crippen molar-refractivity contribution in [2.45, 2.75) is 40.2 Å². The van der Waals surface area contributed by atoms with Crippen LogP contribution in [0, 0.1) is 20.8 Å². The Morgan fingerprint density at radius 1 is 1.15 bits per heavy atom. The molecule has 4 aromatic heterocycles. The molecule has 1 saturated heterocycles. The Morgan fingerprint density at radius 3 is 2.73 bits per heavy atom. The van der Waals surface area contributed by atoms with Crippen molar-refractivity contribution in [2.75, 3.05) is 26.2 Å². The van der Waals surface area contributed by atoms with Crippen molar-refractivity contribution in [1.82, 2.24) is 34.5 Å². The first-order chi connectivity index (χ1) is 16.0. The van der Waals surface area contributed by atoms with E-state index in [0.29, 0.717) is 44.2 Å². The van der Waals surface area contributed by atoms with Gasteiger partial charge in [0.1, 0.15) is 0 Å². The maximum absolute atomic E-state index is 12.9. The van der Waals surface area contributed by atoms with Gasteiger partial charge >= 0.3 is 0 Å². The lowest BCUT2D eigenvalue weighted by Gasteiger charge is -2.34. The second kappa shape index (κ2) is 9.03. The molecule has 0 aromatic carbocycles. The number of amides is 1. The van der Waals surface area contributed by atoms with Crippen molar-refractivity contribution >= 4 is 22.9 Å². The van der Waals surface area contributed by atoms with Crippen LogP contribution >= 0.6 is 11.3 Å². The normalized spacial score (nSPS) is 14.9. The maximum atomic E-state index is 12.9. The number of carbonyl (C=O) groups is 1. The van der Waals surface area contributed by atoms with Crippen LogP contribution in [0.5, 0.6) is 0 Å². The van der Waals surface area contributed by atoms with Gasteiger partial charge in [-0.05, 0) is 44.2 Å². The van der Waals surface area contributed by atoms with Crippen LogP contribution in [-0.4, -0.2) is 66.6 Å². The molecule has 1 fully saturated rings. The van der Waals surface area contributed by atoms with Gasteiger partial charge in [-0.2, -0.15) is 10.1 Å². The largest absolute Gasteiger partial charge is 0.340 e. The van der Waals surface area contributed by atoms with Gasteiger partial charge < -0.3 is 9.42 Å². The van der Waals surface area contributed by atoms with E-state index in [1.807, 2.05) is 53.8 Å². The molecule has 0 unspecified atom stereocenters. The van der Waals surface area contributed by atoms with Crippen LogP contribution in [0.25, 0.3) is 16.3 Å². The van der Waals surface area contributed by atoms with E-state index >= 15 is 0 Å². The number of piperazine rings is 1. The highest BCUT2D eigenvalue weighted by Crippen LogP contribution is 2.22. The molecule has 0 spiro atoms. The highest BCUT2D eigenvalue weighted by atomic mass is 32.1. The minimum Gasteiger partial charge on any atom is -0.340 e. The minimum atomic E-state index is 0.183. The molecule has 0 radical (unpaired) electrons. The quantitative estimate of drug-likeness (QED) is 0.432. The summed E-state index contributed by atoms with van der Waals surface area (Å²) in [6.07, 6.45) is 1.15. The highest BCUT2D eigenvalue weighted by Gasteiger charge is 2.23. The van der Waals surface area contributed by atoms with Crippen LogP contribution in [0.2, 0.25) is 0 Å². The van der Waals surface area contributed by atoms with Crippen LogP contribution in [0.3, 0.4) is 0 Å². The van der Waals surface area contributed by atoms with Crippen molar-refractivity contribution in [1.29, 1.82) is 0 Å². The molecule has 1 aliphatic rings. The van der Waals surface area contributed by atoms with E-state index in [2.05, 4.69) is 25.1 Å². The third kappa shape index (κ3) is 4.53. The molecule has 0 aliphatic carbocycles. The first kappa shape index (κ1) is 21.7. The smallest absolute Gasteiger partial charge is 0.241 e. The second-order valence-electron chi connectivity index (χ2n) is 8.46. The molecule has 5 rings (SSSR count). The van der Waals surface area contributed by atoms with Gasteiger partial charge in [0.15, 0.2) is 5.65 Å². The summed E-state index contributed by atoms with van der Waals surface area (Å²) in [6, 6.07) is 5.94. The number of aromatic nitrogens is 5. The Labute approximate surface area is 196 Å². The number of thiophene rings is 1. The Morgan fingerprint density at radius 2 is 1.97 bits per heavy atom. The molecule has 4 aromatic rings. The highest BCUT2D eigenvalue weighted by molar-refractivity contribution is 7.13. The third-order valence-electron chi connectivity index (χ3n) is 6.17. The summed E-state index contributed by atoms with van der Waals surface area (Å²) in [6.45, 7) is 9.63. The second-order valence-corrected chi connectivity index (χ2v) is 9.41. The standard InChI is InChI=1S/C23H27N7O2S/c1-15-13-20-24-16(2)18(17(3)30(20)26-15)6-7-22(31)29-10-8-28(9-11-29)14-21-25-23(27-32-21)19-5-4-12-33-19/h4-5,12-13H,6-11,14H2,1-3H3. The molecule has 0 saturated carbocycles. The Balaban J connectivity index is 1.14. The summed E-state index contributed by atoms with van der Waals surface area (Å²) >= 11 is 1.59. The predicted molar refractivity (Wildman–Crippen MR) is 125 cm³/mol. The summed E-state index contributed by atoms with van der Waals surface area (Å²) in [5.41, 5.74) is 4.94. The molecule has 1 amide bonds. The van der Waals surface area contributed by atoms with E-state index in [1.165, 1.54) is 0 Å². The van der Waals surface area contributed by atoms with E-state index < -0.39 is 0 Å². The Kier molecular flexibility index (Phi) is 5.94. The number of fused-ring (bicyclic) bond motifs is 1. The van der Waals surface area contributed by atoms with Crippen LogP contribution < -0.4 is 0 Å².